The first-order valence-corrected chi connectivity index (χ1v) is 11.2. The van der Waals surface area contributed by atoms with Crippen LogP contribution in [-0.4, -0.2) is 63.6 Å². The Balaban J connectivity index is 1.40. The zero-order valence-corrected chi connectivity index (χ0v) is 19.1. The van der Waals surface area contributed by atoms with Crippen LogP contribution in [0.15, 0.2) is 34.1 Å². The first-order chi connectivity index (χ1) is 17.2. The molecule has 188 valence electrons. The van der Waals surface area contributed by atoms with Gasteiger partial charge in [0.15, 0.2) is 22.7 Å². The molecule has 1 saturated heterocycles. The Morgan fingerprint density at radius 3 is 2.08 bits per heavy atom. The van der Waals surface area contributed by atoms with Crippen LogP contribution in [-0.2, 0) is 22.6 Å². The van der Waals surface area contributed by atoms with E-state index in [9.17, 15) is 19.2 Å². The van der Waals surface area contributed by atoms with Crippen molar-refractivity contribution in [2.45, 2.75) is 26.1 Å². The van der Waals surface area contributed by atoms with E-state index < -0.39 is 35.0 Å². The molecule has 1 N–H and O–H groups in total. The predicted molar refractivity (Wildman–Crippen MR) is 123 cm³/mol. The summed E-state index contributed by atoms with van der Waals surface area (Å²) in [6.45, 7) is 1.48. The zero-order chi connectivity index (χ0) is 25.6. The van der Waals surface area contributed by atoms with E-state index in [-0.39, 0.29) is 67.6 Å². The molecule has 3 aromatic rings. The highest BCUT2D eigenvalue weighted by Crippen LogP contribution is 2.31. The Hall–Kier alpha value is -4.36. The fourth-order valence-electron chi connectivity index (χ4n) is 4.43. The molecule has 5 rings (SSSR count). The molecule has 1 fully saturated rings. The summed E-state index contributed by atoms with van der Waals surface area (Å²) in [4.78, 5) is 59.4. The highest BCUT2D eigenvalue weighted by atomic mass is 19.1. The van der Waals surface area contributed by atoms with Crippen molar-refractivity contribution in [1.82, 2.24) is 24.6 Å². The number of carbonyl (C=O) groups excluding carboxylic acids is 2. The number of aromatic nitrogens is 4. The lowest BCUT2D eigenvalue weighted by Crippen LogP contribution is -2.39. The third-order valence-electron chi connectivity index (χ3n) is 6.11. The number of carbonyl (C=O) groups is 2. The second kappa shape index (κ2) is 9.02. The number of fused-ring (bicyclic) bond motifs is 2. The summed E-state index contributed by atoms with van der Waals surface area (Å²) in [6.07, 6.45) is 1.19. The summed E-state index contributed by atoms with van der Waals surface area (Å²) in [5, 5.41) is 2.53. The lowest BCUT2D eigenvalue weighted by molar-refractivity contribution is -0.119. The van der Waals surface area contributed by atoms with Gasteiger partial charge in [0, 0.05) is 44.5 Å². The number of hydrogen-bond acceptors (Lipinski definition) is 8. The first-order valence-electron chi connectivity index (χ1n) is 11.2. The second-order valence-corrected chi connectivity index (χ2v) is 8.41. The highest BCUT2D eigenvalue weighted by molar-refractivity contribution is 5.90. The molecule has 1 atom stereocenters. The van der Waals surface area contributed by atoms with Gasteiger partial charge in [-0.15, -0.1) is 0 Å². The largest absolute Gasteiger partial charge is 0.442 e. The summed E-state index contributed by atoms with van der Waals surface area (Å²) >= 11 is 0. The summed E-state index contributed by atoms with van der Waals surface area (Å²) < 4.78 is 38.0. The highest BCUT2D eigenvalue weighted by Gasteiger charge is 2.34. The van der Waals surface area contributed by atoms with E-state index in [4.69, 9.17) is 4.74 Å². The Labute approximate surface area is 201 Å². The van der Waals surface area contributed by atoms with Crippen LogP contribution in [0.25, 0.3) is 11.0 Å². The van der Waals surface area contributed by atoms with E-state index in [0.29, 0.717) is 0 Å². The number of nitrogens with one attached hydrogen (secondary N) is 1. The van der Waals surface area contributed by atoms with Gasteiger partial charge in [-0.3, -0.25) is 19.3 Å². The van der Waals surface area contributed by atoms with Crippen molar-refractivity contribution >= 4 is 34.4 Å². The number of amides is 2. The van der Waals surface area contributed by atoms with Crippen LogP contribution in [0.1, 0.15) is 6.92 Å². The summed E-state index contributed by atoms with van der Waals surface area (Å²) in [5.74, 6) is -2.12. The first kappa shape index (κ1) is 23.4. The van der Waals surface area contributed by atoms with E-state index in [2.05, 4.69) is 15.3 Å². The van der Waals surface area contributed by atoms with Gasteiger partial charge in [0.2, 0.25) is 5.91 Å². The van der Waals surface area contributed by atoms with E-state index >= 15 is 8.78 Å². The number of nitrogens with zero attached hydrogens (tertiary/aromatic N) is 6. The molecule has 12 nitrogen and oxygen atoms in total. The average molecular weight is 501 g/mol. The van der Waals surface area contributed by atoms with Gasteiger partial charge in [0.05, 0.1) is 31.9 Å². The summed E-state index contributed by atoms with van der Waals surface area (Å²) in [5.41, 5.74) is -1.53. The molecule has 0 aliphatic carbocycles. The molecular formula is C22H21F2N7O5. The van der Waals surface area contributed by atoms with Crippen molar-refractivity contribution in [2.24, 2.45) is 0 Å². The van der Waals surface area contributed by atoms with Crippen LogP contribution < -0.4 is 26.2 Å². The molecule has 2 aliphatic heterocycles. The molecule has 0 unspecified atom stereocenters. The Bertz CT molecular complexity index is 1420. The molecule has 36 heavy (non-hydrogen) atoms. The topological polar surface area (TPSA) is 132 Å². The fourth-order valence-corrected chi connectivity index (χ4v) is 4.43. The van der Waals surface area contributed by atoms with Crippen LogP contribution in [0.4, 0.5) is 25.0 Å². The number of anilines is 2. The molecule has 2 amide bonds. The Morgan fingerprint density at radius 2 is 1.56 bits per heavy atom. The zero-order valence-electron chi connectivity index (χ0n) is 19.1. The Morgan fingerprint density at radius 1 is 1.00 bits per heavy atom. The third-order valence-corrected chi connectivity index (χ3v) is 6.11. The van der Waals surface area contributed by atoms with E-state index in [0.717, 1.165) is 17.0 Å². The van der Waals surface area contributed by atoms with Crippen LogP contribution >= 0.6 is 0 Å². The number of benzene rings is 1. The Kier molecular flexibility index (Phi) is 5.86. The molecule has 0 spiro atoms. The van der Waals surface area contributed by atoms with Gasteiger partial charge in [0.25, 0.3) is 11.1 Å². The normalized spacial score (nSPS) is 17.6. The number of cyclic esters (lactones) is 1. The third kappa shape index (κ3) is 4.03. The van der Waals surface area contributed by atoms with Crippen molar-refractivity contribution in [1.29, 1.82) is 0 Å². The summed E-state index contributed by atoms with van der Waals surface area (Å²) in [6, 6.07) is 2.05. The number of halogens is 2. The number of ether oxygens (including phenoxy) is 1. The van der Waals surface area contributed by atoms with E-state index in [1.165, 1.54) is 33.6 Å². The van der Waals surface area contributed by atoms with Gasteiger partial charge in [0.1, 0.15) is 11.8 Å². The predicted octanol–water partition coefficient (Wildman–Crippen LogP) is 0.213. The molecule has 0 saturated carbocycles. The van der Waals surface area contributed by atoms with Crippen LogP contribution in [0.5, 0.6) is 0 Å². The molecule has 4 heterocycles. The smallest absolute Gasteiger partial charge is 0.414 e. The minimum Gasteiger partial charge on any atom is -0.442 e. The maximum Gasteiger partial charge on any atom is 0.414 e. The van der Waals surface area contributed by atoms with Crippen molar-refractivity contribution in [2.75, 3.05) is 36.0 Å². The minimum absolute atomic E-state index is 0.00943. The molecular weight excluding hydrogens is 480 g/mol. The lowest BCUT2D eigenvalue weighted by Gasteiger charge is -2.24. The number of rotatable bonds is 4. The van der Waals surface area contributed by atoms with Gasteiger partial charge in [-0.1, -0.05) is 0 Å². The van der Waals surface area contributed by atoms with Gasteiger partial charge < -0.3 is 15.0 Å². The molecule has 0 radical (unpaired) electrons. The van der Waals surface area contributed by atoms with Gasteiger partial charge in [-0.05, 0) is 0 Å². The van der Waals surface area contributed by atoms with Crippen LogP contribution in [0.2, 0.25) is 0 Å². The molecule has 0 bridgehead atoms. The van der Waals surface area contributed by atoms with E-state index in [1.54, 1.807) is 0 Å². The van der Waals surface area contributed by atoms with Gasteiger partial charge in [-0.2, -0.15) is 0 Å². The molecule has 1 aromatic carbocycles. The molecule has 14 heteroatoms. The lowest BCUT2D eigenvalue weighted by atomic mass is 10.2. The van der Waals surface area contributed by atoms with Crippen molar-refractivity contribution < 1.29 is 23.1 Å². The van der Waals surface area contributed by atoms with Crippen molar-refractivity contribution in [3.63, 3.8) is 0 Å². The number of hydrogen-bond donors (Lipinski definition) is 1. The van der Waals surface area contributed by atoms with Gasteiger partial charge in [-0.25, -0.2) is 32.9 Å². The van der Waals surface area contributed by atoms with Crippen LogP contribution in [0.3, 0.4) is 0 Å². The minimum atomic E-state index is -0.915. The van der Waals surface area contributed by atoms with E-state index in [1.807, 2.05) is 0 Å². The van der Waals surface area contributed by atoms with Crippen molar-refractivity contribution in [3.8, 4) is 0 Å². The fraction of sp³-hybridized carbons (Fsp3) is 0.364. The molecule has 2 aliphatic rings. The standard InChI is InChI=1S/C22H21F2N7O5/c1-12(32)27-10-14-11-29(22(35)36-14)13-8-15(23)19(16(24)9-13)28-4-6-30-20(33)17-18(26-3-2-25-17)21(34)31(30)7-5-28/h2-3,8-9,14H,4-7,10-11H2,1H3,(H,27,32)/t14-/m0/s1. The average Bonchev–Trinajstić information content (AvgIpc) is 3.08. The quantitative estimate of drug-likeness (QED) is 0.537. The molecule has 2 aromatic heterocycles. The van der Waals surface area contributed by atoms with Gasteiger partial charge >= 0.3 is 6.09 Å². The van der Waals surface area contributed by atoms with Crippen LogP contribution in [0, 0.1) is 11.6 Å². The monoisotopic (exact) mass is 501 g/mol. The SMILES string of the molecule is CC(=O)NC[C@H]1CN(c2cc(F)c(N3CCn4c(=O)c5nccnc5c(=O)n4CC3)c(F)c2)C(=O)O1. The summed E-state index contributed by atoms with van der Waals surface area (Å²) in [7, 11) is 0. The van der Waals surface area contributed by atoms with Crippen molar-refractivity contribution in [3.05, 3.63) is 56.9 Å². The maximum atomic E-state index is 15.2. The second-order valence-electron chi connectivity index (χ2n) is 8.41. The maximum absolute atomic E-state index is 15.2.